The molecule has 0 bridgehead atoms. The normalized spacial score (nSPS) is 14.1. The van der Waals surface area contributed by atoms with Crippen LogP contribution in [0.2, 0.25) is 0 Å². The summed E-state index contributed by atoms with van der Waals surface area (Å²) < 4.78 is 35.0. The van der Waals surface area contributed by atoms with E-state index in [1.54, 1.807) is 35.2 Å². The fraction of sp³-hybridized carbons (Fsp3) is 0.400. The fourth-order valence-electron chi connectivity index (χ4n) is 1.93. The number of hydrogen-bond donors (Lipinski definition) is 1. The molecule has 1 aliphatic rings. The van der Waals surface area contributed by atoms with Gasteiger partial charge in [0.05, 0.1) is 18.7 Å². The van der Waals surface area contributed by atoms with Gasteiger partial charge in [0.15, 0.2) is 11.5 Å². The molecule has 118 valence electrons. The van der Waals surface area contributed by atoms with E-state index in [0.29, 0.717) is 24.8 Å². The lowest BCUT2D eigenvalue weighted by atomic mass is 10.2. The Balaban J connectivity index is 1.68. The molecule has 2 aromatic rings. The minimum absolute atomic E-state index is 0.0685. The topological polar surface area (TPSA) is 43.4 Å². The van der Waals surface area contributed by atoms with Gasteiger partial charge in [0, 0.05) is 22.8 Å². The average Bonchev–Trinajstić information content (AvgIpc) is 3.18. The third-order valence-electron chi connectivity index (χ3n) is 3.28. The molecule has 22 heavy (non-hydrogen) atoms. The number of nitrogens with zero attached hydrogens (tertiary/aromatic N) is 1. The van der Waals surface area contributed by atoms with Gasteiger partial charge in [-0.1, -0.05) is 0 Å². The van der Waals surface area contributed by atoms with Crippen LogP contribution in [-0.4, -0.2) is 18.2 Å². The fourth-order valence-corrected chi connectivity index (χ4v) is 2.47. The molecule has 1 N–H and O–H groups in total. The maximum Gasteiger partial charge on any atom is 0.387 e. The summed E-state index contributed by atoms with van der Waals surface area (Å²) in [6, 6.07) is 4.90. The second-order valence-corrected chi connectivity index (χ2v) is 6.09. The van der Waals surface area contributed by atoms with E-state index >= 15 is 0 Å². The number of anilines is 1. The Morgan fingerprint density at radius 2 is 2.18 bits per heavy atom. The zero-order valence-electron chi connectivity index (χ0n) is 11.8. The van der Waals surface area contributed by atoms with Crippen LogP contribution in [0, 0.1) is 5.92 Å². The number of alkyl halides is 2. The highest BCUT2D eigenvalue weighted by atomic mass is 32.1. The predicted octanol–water partition coefficient (Wildman–Crippen LogP) is 4.15. The lowest BCUT2D eigenvalue weighted by molar-refractivity contribution is -0.0515. The van der Waals surface area contributed by atoms with E-state index in [0.717, 1.165) is 23.4 Å². The van der Waals surface area contributed by atoms with Gasteiger partial charge in [0.25, 0.3) is 0 Å². The molecule has 7 heteroatoms. The van der Waals surface area contributed by atoms with Gasteiger partial charge < -0.3 is 14.8 Å². The molecule has 0 spiro atoms. The maximum absolute atomic E-state index is 12.4. The average molecular weight is 326 g/mol. The van der Waals surface area contributed by atoms with Crippen LogP contribution in [0.5, 0.6) is 11.5 Å². The van der Waals surface area contributed by atoms with Gasteiger partial charge in [0.1, 0.15) is 0 Å². The molecule has 1 aliphatic carbocycles. The second-order valence-electron chi connectivity index (χ2n) is 5.12. The smallest absolute Gasteiger partial charge is 0.387 e. The molecule has 1 aromatic heterocycles. The number of hydrogen-bond acceptors (Lipinski definition) is 5. The highest BCUT2D eigenvalue weighted by Gasteiger charge is 2.23. The summed E-state index contributed by atoms with van der Waals surface area (Å²) in [7, 11) is 0. The molecule has 0 unspecified atom stereocenters. The Bertz CT molecular complexity index is 604. The van der Waals surface area contributed by atoms with E-state index in [4.69, 9.17) is 4.74 Å². The number of halogens is 2. The van der Waals surface area contributed by atoms with E-state index in [9.17, 15) is 8.78 Å². The molecule has 0 atom stereocenters. The van der Waals surface area contributed by atoms with Crippen molar-refractivity contribution in [1.82, 2.24) is 4.98 Å². The van der Waals surface area contributed by atoms with Crippen molar-refractivity contribution in [2.75, 3.05) is 11.9 Å². The van der Waals surface area contributed by atoms with Crippen molar-refractivity contribution in [3.05, 3.63) is 34.8 Å². The van der Waals surface area contributed by atoms with Crippen LogP contribution in [0.4, 0.5) is 14.5 Å². The van der Waals surface area contributed by atoms with E-state index in [1.165, 1.54) is 6.07 Å². The quantitative estimate of drug-likeness (QED) is 0.791. The molecule has 0 amide bonds. The highest BCUT2D eigenvalue weighted by molar-refractivity contribution is 7.09. The van der Waals surface area contributed by atoms with Crippen molar-refractivity contribution in [2.24, 2.45) is 5.92 Å². The Labute approximate surface area is 131 Å². The van der Waals surface area contributed by atoms with Crippen molar-refractivity contribution in [1.29, 1.82) is 0 Å². The van der Waals surface area contributed by atoms with Crippen LogP contribution in [0.15, 0.2) is 29.9 Å². The molecule has 1 fully saturated rings. The summed E-state index contributed by atoms with van der Waals surface area (Å²) in [6.07, 6.45) is 4.05. The third-order valence-corrected chi connectivity index (χ3v) is 4.06. The molecular weight excluding hydrogens is 310 g/mol. The number of rotatable bonds is 8. The van der Waals surface area contributed by atoms with Gasteiger partial charge in [-0.2, -0.15) is 8.78 Å². The van der Waals surface area contributed by atoms with Gasteiger partial charge in [-0.15, -0.1) is 11.3 Å². The van der Waals surface area contributed by atoms with Crippen molar-refractivity contribution in [3.63, 3.8) is 0 Å². The molecule has 1 aromatic carbocycles. The first-order valence-corrected chi connectivity index (χ1v) is 7.91. The van der Waals surface area contributed by atoms with E-state index in [1.807, 2.05) is 0 Å². The summed E-state index contributed by atoms with van der Waals surface area (Å²) in [6.45, 7) is -1.70. The number of aromatic nitrogens is 1. The summed E-state index contributed by atoms with van der Waals surface area (Å²) in [5.74, 6) is 0.953. The van der Waals surface area contributed by atoms with Crippen molar-refractivity contribution < 1.29 is 18.3 Å². The van der Waals surface area contributed by atoms with Gasteiger partial charge >= 0.3 is 6.61 Å². The van der Waals surface area contributed by atoms with E-state index in [2.05, 4.69) is 15.0 Å². The summed E-state index contributed by atoms with van der Waals surface area (Å²) >= 11 is 1.55. The molecular formula is C15H16F2N2O2S. The Morgan fingerprint density at radius 3 is 2.86 bits per heavy atom. The Hall–Kier alpha value is -1.89. The largest absolute Gasteiger partial charge is 0.489 e. The molecule has 0 radical (unpaired) electrons. The van der Waals surface area contributed by atoms with Crippen LogP contribution < -0.4 is 14.8 Å². The SMILES string of the molecule is FC(F)Oc1ccc(NCc2cncs2)cc1OCC1CC1. The molecule has 3 rings (SSSR count). The molecule has 0 aliphatic heterocycles. The van der Waals surface area contributed by atoms with Crippen molar-refractivity contribution in [3.8, 4) is 11.5 Å². The van der Waals surface area contributed by atoms with Crippen LogP contribution in [0.3, 0.4) is 0 Å². The van der Waals surface area contributed by atoms with Gasteiger partial charge in [-0.25, -0.2) is 0 Å². The van der Waals surface area contributed by atoms with Crippen LogP contribution in [-0.2, 0) is 6.54 Å². The zero-order chi connectivity index (χ0) is 15.4. The van der Waals surface area contributed by atoms with E-state index in [-0.39, 0.29) is 5.75 Å². The first kappa shape index (κ1) is 15.0. The first-order chi connectivity index (χ1) is 10.7. The van der Waals surface area contributed by atoms with Crippen molar-refractivity contribution in [2.45, 2.75) is 26.0 Å². The van der Waals surface area contributed by atoms with Gasteiger partial charge in [-0.3, -0.25) is 4.98 Å². The molecule has 1 heterocycles. The number of ether oxygens (including phenoxy) is 2. The standard InChI is InChI=1S/C15H16F2N2O2S/c16-15(17)21-13-4-3-11(19-7-12-6-18-9-22-12)5-14(13)20-8-10-1-2-10/h3-6,9-10,15,19H,1-2,7-8H2. The minimum atomic E-state index is -2.86. The lowest BCUT2D eigenvalue weighted by Crippen LogP contribution is -2.07. The highest BCUT2D eigenvalue weighted by Crippen LogP contribution is 2.35. The minimum Gasteiger partial charge on any atom is -0.489 e. The number of nitrogens with one attached hydrogen (secondary N) is 1. The second kappa shape index (κ2) is 6.91. The first-order valence-electron chi connectivity index (χ1n) is 7.03. The molecule has 4 nitrogen and oxygen atoms in total. The summed E-state index contributed by atoms with van der Waals surface area (Å²) in [4.78, 5) is 5.10. The van der Waals surface area contributed by atoms with E-state index < -0.39 is 6.61 Å². The van der Waals surface area contributed by atoms with Crippen LogP contribution in [0.25, 0.3) is 0 Å². The molecule has 0 saturated heterocycles. The summed E-state index contributed by atoms with van der Waals surface area (Å²) in [5, 5.41) is 3.22. The van der Waals surface area contributed by atoms with Crippen LogP contribution >= 0.6 is 11.3 Å². The van der Waals surface area contributed by atoms with Gasteiger partial charge in [0.2, 0.25) is 0 Å². The lowest BCUT2D eigenvalue weighted by Gasteiger charge is -2.14. The zero-order valence-corrected chi connectivity index (χ0v) is 12.6. The maximum atomic E-state index is 12.4. The van der Waals surface area contributed by atoms with Gasteiger partial charge in [-0.05, 0) is 30.9 Å². The third kappa shape index (κ3) is 4.30. The predicted molar refractivity (Wildman–Crippen MR) is 80.7 cm³/mol. The summed E-state index contributed by atoms with van der Waals surface area (Å²) in [5.41, 5.74) is 2.56. The number of thiazole rings is 1. The Morgan fingerprint density at radius 1 is 1.32 bits per heavy atom. The van der Waals surface area contributed by atoms with Crippen LogP contribution in [0.1, 0.15) is 17.7 Å². The number of benzene rings is 1. The monoisotopic (exact) mass is 326 g/mol. The Kier molecular flexibility index (Phi) is 4.72. The van der Waals surface area contributed by atoms with Crippen molar-refractivity contribution >= 4 is 17.0 Å². The molecule has 1 saturated carbocycles.